The van der Waals surface area contributed by atoms with Crippen molar-refractivity contribution in [2.45, 2.75) is 57.1 Å². The predicted octanol–water partition coefficient (Wildman–Crippen LogP) is 2.52. The number of nitrogens with one attached hydrogen (secondary N) is 1. The summed E-state index contributed by atoms with van der Waals surface area (Å²) in [6.07, 6.45) is 3.48. The van der Waals surface area contributed by atoms with Crippen molar-refractivity contribution in [3.8, 4) is 0 Å². The van der Waals surface area contributed by atoms with Crippen molar-refractivity contribution < 1.29 is 24.6 Å². The standard InChI is InChI=1S/C17H24N2O5S/c20-13(14-7-5-11-25-14)9-10-19-12(16(23)18-17(19)24)6-3-1-2-4-8-15(21)22/h5,7,11-13,20H,1-4,6,8-10H2,(H,21,22)(H,18,23,24). The van der Waals surface area contributed by atoms with Crippen molar-refractivity contribution in [1.82, 2.24) is 10.2 Å². The van der Waals surface area contributed by atoms with E-state index in [-0.39, 0.29) is 12.3 Å². The smallest absolute Gasteiger partial charge is 0.324 e. The molecule has 0 spiro atoms. The Morgan fingerprint density at radius 3 is 2.72 bits per heavy atom. The molecule has 1 fully saturated rings. The van der Waals surface area contributed by atoms with E-state index in [9.17, 15) is 19.5 Å². The molecule has 3 amide bonds. The molecular formula is C17H24N2O5S. The molecule has 0 aliphatic carbocycles. The lowest BCUT2D eigenvalue weighted by Gasteiger charge is -2.22. The number of rotatable bonds is 11. The summed E-state index contributed by atoms with van der Waals surface area (Å²) < 4.78 is 0. The topological polar surface area (TPSA) is 107 Å². The molecule has 2 heterocycles. The molecular weight excluding hydrogens is 344 g/mol. The van der Waals surface area contributed by atoms with Gasteiger partial charge in [-0.2, -0.15) is 0 Å². The number of aliphatic hydroxyl groups is 1. The first-order chi connectivity index (χ1) is 12.0. The molecule has 2 atom stereocenters. The van der Waals surface area contributed by atoms with Crippen molar-refractivity contribution in [3.05, 3.63) is 22.4 Å². The largest absolute Gasteiger partial charge is 0.481 e. The third kappa shape index (κ3) is 5.82. The predicted molar refractivity (Wildman–Crippen MR) is 93.3 cm³/mol. The molecule has 2 unspecified atom stereocenters. The van der Waals surface area contributed by atoms with Gasteiger partial charge in [0.05, 0.1) is 6.10 Å². The number of nitrogens with zero attached hydrogens (tertiary/aromatic N) is 1. The van der Waals surface area contributed by atoms with Crippen LogP contribution in [0.25, 0.3) is 0 Å². The number of thiophene rings is 1. The molecule has 8 heteroatoms. The zero-order chi connectivity index (χ0) is 18.2. The minimum Gasteiger partial charge on any atom is -0.481 e. The van der Waals surface area contributed by atoms with E-state index < -0.39 is 24.1 Å². The van der Waals surface area contributed by atoms with Crippen LogP contribution in [0.5, 0.6) is 0 Å². The van der Waals surface area contributed by atoms with Gasteiger partial charge >= 0.3 is 12.0 Å². The van der Waals surface area contributed by atoms with Crippen LogP contribution in [0, 0.1) is 0 Å². The Bertz CT molecular complexity index is 590. The number of imide groups is 1. The SMILES string of the molecule is O=C(O)CCCCCCC1C(=O)NC(=O)N1CCC(O)c1cccs1. The molecule has 1 aliphatic rings. The number of unbranched alkanes of at least 4 members (excludes halogenated alkanes) is 3. The molecule has 25 heavy (non-hydrogen) atoms. The quantitative estimate of drug-likeness (QED) is 0.411. The first kappa shape index (κ1) is 19.4. The van der Waals surface area contributed by atoms with E-state index >= 15 is 0 Å². The number of carbonyl (C=O) groups is 3. The number of carboxylic acids is 1. The second-order valence-corrected chi connectivity index (χ2v) is 7.15. The highest BCUT2D eigenvalue weighted by Crippen LogP contribution is 2.24. The van der Waals surface area contributed by atoms with Crippen molar-refractivity contribution in [2.24, 2.45) is 0 Å². The highest BCUT2D eigenvalue weighted by molar-refractivity contribution is 7.10. The summed E-state index contributed by atoms with van der Waals surface area (Å²) in [4.78, 5) is 36.7. The lowest BCUT2D eigenvalue weighted by molar-refractivity contribution is -0.137. The first-order valence-electron chi connectivity index (χ1n) is 8.53. The van der Waals surface area contributed by atoms with Crippen molar-refractivity contribution >= 4 is 29.2 Å². The number of urea groups is 1. The van der Waals surface area contributed by atoms with E-state index in [1.807, 2.05) is 17.5 Å². The van der Waals surface area contributed by atoms with Gasteiger partial charge in [-0.05, 0) is 30.7 Å². The molecule has 0 radical (unpaired) electrons. The molecule has 1 aromatic rings. The Morgan fingerprint density at radius 1 is 1.28 bits per heavy atom. The number of hydrogen-bond acceptors (Lipinski definition) is 5. The van der Waals surface area contributed by atoms with Crippen LogP contribution in [0.2, 0.25) is 0 Å². The number of carbonyl (C=O) groups excluding carboxylic acids is 2. The summed E-state index contributed by atoms with van der Waals surface area (Å²) in [7, 11) is 0. The van der Waals surface area contributed by atoms with Gasteiger partial charge in [0.25, 0.3) is 5.91 Å². The van der Waals surface area contributed by atoms with Gasteiger partial charge in [0, 0.05) is 17.8 Å². The fourth-order valence-corrected chi connectivity index (χ4v) is 3.69. The van der Waals surface area contributed by atoms with Gasteiger partial charge in [0.1, 0.15) is 6.04 Å². The molecule has 1 saturated heterocycles. The van der Waals surface area contributed by atoms with Crippen LogP contribution in [0.15, 0.2) is 17.5 Å². The lowest BCUT2D eigenvalue weighted by Crippen LogP contribution is -2.36. The van der Waals surface area contributed by atoms with Crippen LogP contribution in [-0.4, -0.2) is 45.6 Å². The molecule has 1 aromatic heterocycles. The molecule has 138 valence electrons. The van der Waals surface area contributed by atoms with E-state index in [1.165, 1.54) is 16.2 Å². The van der Waals surface area contributed by atoms with E-state index in [2.05, 4.69) is 5.32 Å². The summed E-state index contributed by atoms with van der Waals surface area (Å²) in [6.45, 7) is 0.320. The Balaban J connectivity index is 1.76. The van der Waals surface area contributed by atoms with Gasteiger partial charge in [-0.1, -0.05) is 25.3 Å². The van der Waals surface area contributed by atoms with Crippen LogP contribution in [0.1, 0.15) is 55.9 Å². The van der Waals surface area contributed by atoms with Gasteiger partial charge < -0.3 is 15.1 Å². The second-order valence-electron chi connectivity index (χ2n) is 6.17. The fraction of sp³-hybridized carbons (Fsp3) is 0.588. The van der Waals surface area contributed by atoms with Gasteiger partial charge in [0.15, 0.2) is 0 Å². The van der Waals surface area contributed by atoms with Crippen molar-refractivity contribution in [3.63, 3.8) is 0 Å². The molecule has 0 bridgehead atoms. The number of hydrogen-bond donors (Lipinski definition) is 3. The normalized spacial score (nSPS) is 18.4. The molecule has 1 aliphatic heterocycles. The number of amides is 3. The molecule has 0 saturated carbocycles. The average Bonchev–Trinajstić information content (AvgIpc) is 3.17. The summed E-state index contributed by atoms with van der Waals surface area (Å²) in [6, 6.07) is 2.81. The number of carboxylic acid groups (broad SMARTS) is 1. The summed E-state index contributed by atoms with van der Waals surface area (Å²) in [5.41, 5.74) is 0. The fourth-order valence-electron chi connectivity index (χ4n) is 2.94. The maximum atomic E-state index is 12.0. The highest BCUT2D eigenvalue weighted by Gasteiger charge is 2.37. The highest BCUT2D eigenvalue weighted by atomic mass is 32.1. The zero-order valence-corrected chi connectivity index (χ0v) is 14.8. The number of aliphatic hydroxyl groups excluding tert-OH is 1. The van der Waals surface area contributed by atoms with Crippen LogP contribution in [0.4, 0.5) is 4.79 Å². The van der Waals surface area contributed by atoms with Crippen molar-refractivity contribution in [2.75, 3.05) is 6.54 Å². The van der Waals surface area contributed by atoms with Crippen molar-refractivity contribution in [1.29, 1.82) is 0 Å². The van der Waals surface area contributed by atoms with Gasteiger partial charge in [-0.15, -0.1) is 11.3 Å². The van der Waals surface area contributed by atoms with E-state index in [4.69, 9.17) is 5.11 Å². The third-order valence-corrected chi connectivity index (χ3v) is 5.28. The van der Waals surface area contributed by atoms with E-state index in [0.717, 1.165) is 24.1 Å². The molecule has 2 rings (SSSR count). The van der Waals surface area contributed by atoms with Crippen LogP contribution in [0.3, 0.4) is 0 Å². The Hall–Kier alpha value is -1.93. The van der Waals surface area contributed by atoms with Crippen LogP contribution < -0.4 is 5.32 Å². The Kier molecular flexibility index (Phi) is 7.39. The first-order valence-corrected chi connectivity index (χ1v) is 9.41. The number of aliphatic carboxylic acids is 1. The van der Waals surface area contributed by atoms with Gasteiger partial charge in [0.2, 0.25) is 0 Å². The maximum Gasteiger partial charge on any atom is 0.324 e. The third-order valence-electron chi connectivity index (χ3n) is 4.30. The summed E-state index contributed by atoms with van der Waals surface area (Å²) in [5.74, 6) is -1.09. The monoisotopic (exact) mass is 368 g/mol. The maximum absolute atomic E-state index is 12.0. The minimum atomic E-state index is -0.795. The Labute approximate surface area is 150 Å². The summed E-state index contributed by atoms with van der Waals surface area (Å²) >= 11 is 1.46. The Morgan fingerprint density at radius 2 is 2.04 bits per heavy atom. The average molecular weight is 368 g/mol. The van der Waals surface area contributed by atoms with Gasteiger partial charge in [-0.25, -0.2) is 4.79 Å². The lowest BCUT2D eigenvalue weighted by atomic mass is 10.0. The zero-order valence-electron chi connectivity index (χ0n) is 14.0. The second kappa shape index (κ2) is 9.53. The molecule has 0 aromatic carbocycles. The van der Waals surface area contributed by atoms with Crippen LogP contribution >= 0.6 is 11.3 Å². The minimum absolute atomic E-state index is 0.162. The van der Waals surface area contributed by atoms with Gasteiger partial charge in [-0.3, -0.25) is 14.9 Å². The molecule has 7 nitrogen and oxygen atoms in total. The molecule has 3 N–H and O–H groups in total. The van der Waals surface area contributed by atoms with Crippen LogP contribution in [-0.2, 0) is 9.59 Å². The summed E-state index contributed by atoms with van der Waals surface area (Å²) in [5, 5.41) is 23.0. The van der Waals surface area contributed by atoms with E-state index in [0.29, 0.717) is 25.8 Å². The van der Waals surface area contributed by atoms with E-state index in [1.54, 1.807) is 0 Å².